The first-order valence-corrected chi connectivity index (χ1v) is 6.47. The van der Waals surface area contributed by atoms with Gasteiger partial charge < -0.3 is 21.1 Å². The fourth-order valence-electron chi connectivity index (χ4n) is 2.05. The molecule has 0 aliphatic carbocycles. The second kappa shape index (κ2) is 7.33. The number of hydrogen-bond acceptors (Lipinski definition) is 4. The Hall–Kier alpha value is -1.14. The third kappa shape index (κ3) is 3.96. The molecule has 1 rings (SSSR count). The minimum absolute atomic E-state index is 0.0495. The fourth-order valence-corrected chi connectivity index (χ4v) is 2.05. The molecular weight excluding hydrogens is 234 g/mol. The van der Waals surface area contributed by atoms with Gasteiger partial charge in [0.25, 0.3) is 0 Å². The molecule has 1 saturated heterocycles. The van der Waals surface area contributed by atoms with E-state index in [1.165, 1.54) is 0 Å². The third-order valence-corrected chi connectivity index (χ3v) is 3.33. The molecule has 0 aromatic rings. The molecule has 6 heteroatoms. The molecular formula is C12H23N3O3. The Morgan fingerprint density at radius 3 is 2.50 bits per heavy atom. The SMILES string of the molecule is CCNC(=O)CCNC(=O)C1(CN)CCOCC1. The average molecular weight is 257 g/mol. The zero-order valence-electron chi connectivity index (χ0n) is 11.0. The number of ether oxygens (including phenoxy) is 1. The Kier molecular flexibility index (Phi) is 6.07. The number of nitrogens with one attached hydrogen (secondary N) is 2. The molecule has 1 heterocycles. The van der Waals surface area contributed by atoms with Gasteiger partial charge in [0.05, 0.1) is 5.41 Å². The van der Waals surface area contributed by atoms with Crippen molar-refractivity contribution >= 4 is 11.8 Å². The molecule has 0 aromatic carbocycles. The summed E-state index contributed by atoms with van der Waals surface area (Å²) in [5, 5.41) is 5.49. The van der Waals surface area contributed by atoms with Crippen LogP contribution in [-0.2, 0) is 14.3 Å². The van der Waals surface area contributed by atoms with Crippen molar-refractivity contribution < 1.29 is 14.3 Å². The highest BCUT2D eigenvalue weighted by atomic mass is 16.5. The minimum Gasteiger partial charge on any atom is -0.381 e. The van der Waals surface area contributed by atoms with E-state index in [9.17, 15) is 9.59 Å². The van der Waals surface area contributed by atoms with Crippen LogP contribution in [-0.4, -0.2) is 44.7 Å². The van der Waals surface area contributed by atoms with Crippen molar-refractivity contribution in [2.75, 3.05) is 32.8 Å². The van der Waals surface area contributed by atoms with E-state index in [2.05, 4.69) is 10.6 Å². The van der Waals surface area contributed by atoms with Crippen LogP contribution in [0.15, 0.2) is 0 Å². The molecule has 0 unspecified atom stereocenters. The summed E-state index contributed by atoms with van der Waals surface area (Å²) in [7, 11) is 0. The Bertz CT molecular complexity index is 288. The summed E-state index contributed by atoms with van der Waals surface area (Å²) in [6.07, 6.45) is 1.60. The third-order valence-electron chi connectivity index (χ3n) is 3.33. The largest absolute Gasteiger partial charge is 0.381 e. The van der Waals surface area contributed by atoms with E-state index in [1.54, 1.807) is 0 Å². The van der Waals surface area contributed by atoms with Gasteiger partial charge in [0.1, 0.15) is 0 Å². The van der Waals surface area contributed by atoms with E-state index in [0.717, 1.165) is 0 Å². The van der Waals surface area contributed by atoms with E-state index >= 15 is 0 Å². The Morgan fingerprint density at radius 2 is 1.94 bits per heavy atom. The molecule has 0 saturated carbocycles. The van der Waals surface area contributed by atoms with Crippen LogP contribution in [0.25, 0.3) is 0 Å². The van der Waals surface area contributed by atoms with Gasteiger partial charge in [-0.3, -0.25) is 9.59 Å². The molecule has 1 aliphatic heterocycles. The van der Waals surface area contributed by atoms with Crippen LogP contribution in [0.5, 0.6) is 0 Å². The van der Waals surface area contributed by atoms with Gasteiger partial charge in [0, 0.05) is 39.3 Å². The van der Waals surface area contributed by atoms with Crippen LogP contribution < -0.4 is 16.4 Å². The Balaban J connectivity index is 2.36. The molecule has 18 heavy (non-hydrogen) atoms. The maximum atomic E-state index is 12.1. The lowest BCUT2D eigenvalue weighted by molar-refractivity contribution is -0.136. The lowest BCUT2D eigenvalue weighted by Crippen LogP contribution is -2.49. The van der Waals surface area contributed by atoms with Crippen molar-refractivity contribution in [1.29, 1.82) is 0 Å². The summed E-state index contributed by atoms with van der Waals surface area (Å²) < 4.78 is 5.25. The number of rotatable bonds is 6. The van der Waals surface area contributed by atoms with Gasteiger partial charge in [-0.1, -0.05) is 0 Å². The molecule has 0 spiro atoms. The lowest BCUT2D eigenvalue weighted by Gasteiger charge is -2.34. The highest BCUT2D eigenvalue weighted by Crippen LogP contribution is 2.29. The Labute approximate surface area is 108 Å². The molecule has 4 N–H and O–H groups in total. The monoisotopic (exact) mass is 257 g/mol. The molecule has 6 nitrogen and oxygen atoms in total. The number of carbonyl (C=O) groups excluding carboxylic acids is 2. The van der Waals surface area contributed by atoms with Crippen LogP contribution in [0.2, 0.25) is 0 Å². The van der Waals surface area contributed by atoms with Gasteiger partial charge in [-0.05, 0) is 19.8 Å². The maximum absolute atomic E-state index is 12.1. The Morgan fingerprint density at radius 1 is 1.28 bits per heavy atom. The molecule has 1 aliphatic rings. The van der Waals surface area contributed by atoms with E-state index in [0.29, 0.717) is 52.1 Å². The van der Waals surface area contributed by atoms with Crippen molar-refractivity contribution in [2.45, 2.75) is 26.2 Å². The summed E-state index contributed by atoms with van der Waals surface area (Å²) in [4.78, 5) is 23.4. The number of nitrogens with two attached hydrogens (primary N) is 1. The van der Waals surface area contributed by atoms with E-state index < -0.39 is 5.41 Å². The van der Waals surface area contributed by atoms with Gasteiger partial charge in [0.15, 0.2) is 0 Å². The van der Waals surface area contributed by atoms with Gasteiger partial charge >= 0.3 is 0 Å². The molecule has 0 aromatic heterocycles. The van der Waals surface area contributed by atoms with E-state index in [1.807, 2.05) is 6.92 Å². The van der Waals surface area contributed by atoms with Gasteiger partial charge in [-0.2, -0.15) is 0 Å². The van der Waals surface area contributed by atoms with Gasteiger partial charge in [-0.25, -0.2) is 0 Å². The number of amides is 2. The van der Waals surface area contributed by atoms with Crippen molar-refractivity contribution in [2.24, 2.45) is 11.1 Å². The van der Waals surface area contributed by atoms with Crippen LogP contribution in [0.4, 0.5) is 0 Å². The average Bonchev–Trinajstić information content (AvgIpc) is 2.39. The summed E-state index contributed by atoms with van der Waals surface area (Å²) >= 11 is 0. The summed E-state index contributed by atoms with van der Waals surface area (Å²) in [5.74, 6) is -0.107. The molecule has 0 atom stereocenters. The highest BCUT2D eigenvalue weighted by molar-refractivity contribution is 5.83. The summed E-state index contributed by atoms with van der Waals surface area (Å²) in [5.41, 5.74) is 5.21. The first-order valence-electron chi connectivity index (χ1n) is 6.47. The van der Waals surface area contributed by atoms with Crippen LogP contribution in [0.1, 0.15) is 26.2 Å². The van der Waals surface area contributed by atoms with Crippen molar-refractivity contribution in [3.8, 4) is 0 Å². The second-order valence-electron chi connectivity index (χ2n) is 4.56. The molecule has 104 valence electrons. The predicted molar refractivity (Wildman–Crippen MR) is 67.9 cm³/mol. The molecule has 0 bridgehead atoms. The van der Waals surface area contributed by atoms with Crippen LogP contribution in [0, 0.1) is 5.41 Å². The summed E-state index contributed by atoms with van der Waals surface area (Å²) in [6, 6.07) is 0. The smallest absolute Gasteiger partial charge is 0.227 e. The summed E-state index contributed by atoms with van der Waals surface area (Å²) in [6.45, 7) is 4.29. The molecule has 1 fully saturated rings. The predicted octanol–water partition coefficient (Wildman–Crippen LogP) is -0.616. The zero-order valence-corrected chi connectivity index (χ0v) is 11.0. The fraction of sp³-hybridized carbons (Fsp3) is 0.833. The quantitative estimate of drug-likeness (QED) is 0.591. The maximum Gasteiger partial charge on any atom is 0.227 e. The van der Waals surface area contributed by atoms with Crippen LogP contribution >= 0.6 is 0 Å². The lowest BCUT2D eigenvalue weighted by atomic mass is 9.79. The van der Waals surface area contributed by atoms with Crippen LogP contribution in [0.3, 0.4) is 0 Å². The van der Waals surface area contributed by atoms with E-state index in [-0.39, 0.29) is 11.8 Å². The topological polar surface area (TPSA) is 93.5 Å². The molecule has 2 amide bonds. The first-order chi connectivity index (χ1) is 8.64. The van der Waals surface area contributed by atoms with Gasteiger partial charge in [0.2, 0.25) is 11.8 Å². The van der Waals surface area contributed by atoms with Crippen molar-refractivity contribution in [3.05, 3.63) is 0 Å². The van der Waals surface area contributed by atoms with Crippen molar-refractivity contribution in [1.82, 2.24) is 10.6 Å². The normalized spacial score (nSPS) is 18.1. The minimum atomic E-state index is -0.514. The highest BCUT2D eigenvalue weighted by Gasteiger charge is 2.38. The first kappa shape index (κ1) is 14.9. The number of hydrogen-bond donors (Lipinski definition) is 3. The standard InChI is InChI=1S/C12H23N3O3/c1-2-14-10(16)3-6-15-11(17)12(9-13)4-7-18-8-5-12/h2-9,13H2,1H3,(H,14,16)(H,15,17). The number of carbonyl (C=O) groups is 2. The van der Waals surface area contributed by atoms with E-state index in [4.69, 9.17) is 10.5 Å². The van der Waals surface area contributed by atoms with Gasteiger partial charge in [-0.15, -0.1) is 0 Å². The zero-order chi connectivity index (χ0) is 13.4. The second-order valence-corrected chi connectivity index (χ2v) is 4.56. The van der Waals surface area contributed by atoms with Crippen molar-refractivity contribution in [3.63, 3.8) is 0 Å². The molecule has 0 radical (unpaired) electrons.